The predicted octanol–water partition coefficient (Wildman–Crippen LogP) is -0.730. The number of hydrogen-bond donors (Lipinski definition) is 2. The van der Waals surface area contributed by atoms with Crippen molar-refractivity contribution in [3.8, 4) is 0 Å². The number of carboxylic acids is 1. The lowest BCUT2D eigenvalue weighted by molar-refractivity contribution is -0.145. The van der Waals surface area contributed by atoms with E-state index in [0.717, 1.165) is 5.82 Å². The van der Waals surface area contributed by atoms with Crippen molar-refractivity contribution in [2.45, 2.75) is 19.3 Å². The fourth-order valence-electron chi connectivity index (χ4n) is 2.42. The highest BCUT2D eigenvalue weighted by atomic mass is 16.4. The highest BCUT2D eigenvalue weighted by molar-refractivity contribution is 5.78. The van der Waals surface area contributed by atoms with E-state index in [0.29, 0.717) is 38.9 Å². The van der Waals surface area contributed by atoms with Crippen LogP contribution in [0.4, 0.5) is 0 Å². The van der Waals surface area contributed by atoms with Gasteiger partial charge in [-0.25, -0.2) is 0 Å². The summed E-state index contributed by atoms with van der Waals surface area (Å²) in [6.07, 6.45) is 3.44. The Labute approximate surface area is 123 Å². The van der Waals surface area contributed by atoms with E-state index in [1.165, 1.54) is 0 Å². The van der Waals surface area contributed by atoms with Gasteiger partial charge in [-0.05, 0) is 12.8 Å². The Morgan fingerprint density at radius 2 is 2.14 bits per heavy atom. The molecule has 0 atom stereocenters. The first-order valence-electron chi connectivity index (χ1n) is 7.12. The largest absolute Gasteiger partial charge is 0.481 e. The van der Waals surface area contributed by atoms with Crippen molar-refractivity contribution in [3.63, 3.8) is 0 Å². The monoisotopic (exact) mass is 295 g/mol. The molecule has 21 heavy (non-hydrogen) atoms. The molecule has 8 heteroatoms. The summed E-state index contributed by atoms with van der Waals surface area (Å²) in [5.74, 6) is -0.171. The maximum Gasteiger partial charge on any atom is 0.306 e. The Bertz CT molecular complexity index is 494. The van der Waals surface area contributed by atoms with E-state index in [2.05, 4.69) is 15.5 Å². The molecular formula is C13H21N5O3. The number of hydrogen-bond acceptors (Lipinski definition) is 5. The number of amides is 1. The van der Waals surface area contributed by atoms with Crippen molar-refractivity contribution in [1.29, 1.82) is 0 Å². The van der Waals surface area contributed by atoms with Crippen LogP contribution in [0.25, 0.3) is 0 Å². The van der Waals surface area contributed by atoms with E-state index in [-0.39, 0.29) is 18.4 Å². The summed E-state index contributed by atoms with van der Waals surface area (Å²) in [6, 6.07) is 0. The molecular weight excluding hydrogens is 274 g/mol. The van der Waals surface area contributed by atoms with Crippen LogP contribution < -0.4 is 5.32 Å². The molecule has 1 aliphatic heterocycles. The summed E-state index contributed by atoms with van der Waals surface area (Å²) in [5.41, 5.74) is 0. The van der Waals surface area contributed by atoms with Gasteiger partial charge in [0.15, 0.2) is 0 Å². The van der Waals surface area contributed by atoms with Crippen LogP contribution in [0.1, 0.15) is 18.7 Å². The van der Waals surface area contributed by atoms with Crippen molar-refractivity contribution in [1.82, 2.24) is 25.0 Å². The number of piperidine rings is 1. The molecule has 2 N–H and O–H groups in total. The summed E-state index contributed by atoms with van der Waals surface area (Å²) >= 11 is 0. The molecule has 1 aromatic rings. The number of aliphatic carboxylic acids is 1. The van der Waals surface area contributed by atoms with E-state index in [1.54, 1.807) is 11.2 Å². The van der Waals surface area contributed by atoms with Crippen molar-refractivity contribution < 1.29 is 14.7 Å². The van der Waals surface area contributed by atoms with E-state index >= 15 is 0 Å². The second-order valence-corrected chi connectivity index (χ2v) is 5.28. The predicted molar refractivity (Wildman–Crippen MR) is 74.5 cm³/mol. The average Bonchev–Trinajstić information content (AvgIpc) is 2.89. The number of nitrogens with one attached hydrogen (secondary N) is 1. The number of likely N-dealkylation sites (tertiary alicyclic amines) is 1. The summed E-state index contributed by atoms with van der Waals surface area (Å²) in [4.78, 5) is 24.6. The molecule has 0 radical (unpaired) electrons. The van der Waals surface area contributed by atoms with Gasteiger partial charge in [0, 0.05) is 33.1 Å². The Kier molecular flexibility index (Phi) is 5.26. The van der Waals surface area contributed by atoms with Crippen molar-refractivity contribution in [2.75, 3.05) is 26.2 Å². The number of carbonyl (C=O) groups is 2. The van der Waals surface area contributed by atoms with Crippen LogP contribution in [-0.4, -0.2) is 62.8 Å². The molecule has 1 amide bonds. The van der Waals surface area contributed by atoms with Gasteiger partial charge in [0.05, 0.1) is 12.5 Å². The van der Waals surface area contributed by atoms with Crippen molar-refractivity contribution >= 4 is 11.9 Å². The van der Waals surface area contributed by atoms with E-state index < -0.39 is 5.97 Å². The quantitative estimate of drug-likeness (QED) is 0.671. The minimum Gasteiger partial charge on any atom is -0.481 e. The number of nitrogens with zero attached hydrogens (tertiary/aromatic N) is 4. The number of aromatic nitrogens is 3. The van der Waals surface area contributed by atoms with E-state index in [1.807, 2.05) is 11.6 Å². The normalized spacial score (nSPS) is 16.1. The summed E-state index contributed by atoms with van der Waals surface area (Å²) in [6.45, 7) is 1.99. The van der Waals surface area contributed by atoms with Gasteiger partial charge in [0.1, 0.15) is 12.2 Å². The topological polar surface area (TPSA) is 100 Å². The van der Waals surface area contributed by atoms with Gasteiger partial charge in [-0.2, -0.15) is 0 Å². The zero-order chi connectivity index (χ0) is 15.2. The zero-order valence-corrected chi connectivity index (χ0v) is 12.2. The van der Waals surface area contributed by atoms with E-state index in [4.69, 9.17) is 5.11 Å². The lowest BCUT2D eigenvalue weighted by atomic mass is 9.97. The first-order valence-corrected chi connectivity index (χ1v) is 7.12. The fourth-order valence-corrected chi connectivity index (χ4v) is 2.42. The number of carboxylic acid groups (broad SMARTS) is 1. The molecule has 0 spiro atoms. The highest BCUT2D eigenvalue weighted by Gasteiger charge is 2.26. The molecule has 1 aromatic heterocycles. The van der Waals surface area contributed by atoms with Crippen LogP contribution in [-0.2, 0) is 23.1 Å². The molecule has 2 rings (SSSR count). The van der Waals surface area contributed by atoms with Gasteiger partial charge in [0.2, 0.25) is 5.91 Å². The molecule has 0 unspecified atom stereocenters. The Morgan fingerprint density at radius 1 is 1.43 bits per heavy atom. The van der Waals surface area contributed by atoms with Crippen LogP contribution in [0.5, 0.6) is 0 Å². The van der Waals surface area contributed by atoms with Gasteiger partial charge in [0.25, 0.3) is 0 Å². The smallest absolute Gasteiger partial charge is 0.306 e. The maximum absolute atomic E-state index is 12.0. The Balaban J connectivity index is 1.64. The third-order valence-electron chi connectivity index (χ3n) is 3.80. The second kappa shape index (κ2) is 7.16. The number of carbonyl (C=O) groups excluding carboxylic acids is 1. The molecule has 1 saturated heterocycles. The SMILES string of the molecule is Cn1cnnc1CCNCC(=O)N1CCC(C(=O)O)CC1. The number of rotatable bonds is 6. The van der Waals surface area contributed by atoms with Gasteiger partial charge in [-0.3, -0.25) is 9.59 Å². The fraction of sp³-hybridized carbons (Fsp3) is 0.692. The molecule has 2 heterocycles. The summed E-state index contributed by atoms with van der Waals surface area (Å²) in [7, 11) is 1.88. The van der Waals surface area contributed by atoms with Crippen LogP contribution in [0.2, 0.25) is 0 Å². The lowest BCUT2D eigenvalue weighted by Gasteiger charge is -2.30. The highest BCUT2D eigenvalue weighted by Crippen LogP contribution is 2.16. The molecule has 0 saturated carbocycles. The molecule has 8 nitrogen and oxygen atoms in total. The molecule has 116 valence electrons. The van der Waals surface area contributed by atoms with Crippen LogP contribution in [0.15, 0.2) is 6.33 Å². The van der Waals surface area contributed by atoms with Crippen molar-refractivity contribution in [3.05, 3.63) is 12.2 Å². The summed E-state index contributed by atoms with van der Waals surface area (Å²) in [5, 5.41) is 19.8. The third kappa shape index (κ3) is 4.25. The van der Waals surface area contributed by atoms with E-state index in [9.17, 15) is 9.59 Å². The third-order valence-corrected chi connectivity index (χ3v) is 3.80. The molecule has 0 bridgehead atoms. The zero-order valence-electron chi connectivity index (χ0n) is 12.2. The van der Waals surface area contributed by atoms with Crippen LogP contribution in [0.3, 0.4) is 0 Å². The first-order chi connectivity index (χ1) is 10.1. The molecule has 1 fully saturated rings. The van der Waals surface area contributed by atoms with Gasteiger partial charge in [-0.1, -0.05) is 0 Å². The molecule has 1 aliphatic rings. The lowest BCUT2D eigenvalue weighted by Crippen LogP contribution is -2.44. The standard InChI is InChI=1S/C13H21N5O3/c1-17-9-15-16-11(17)2-5-14-8-12(19)18-6-3-10(4-7-18)13(20)21/h9-10,14H,2-8H2,1H3,(H,20,21). The van der Waals surface area contributed by atoms with Crippen LogP contribution in [0, 0.1) is 5.92 Å². The Morgan fingerprint density at radius 3 is 2.71 bits per heavy atom. The molecule has 0 aliphatic carbocycles. The van der Waals surface area contributed by atoms with Gasteiger partial charge in [-0.15, -0.1) is 10.2 Å². The summed E-state index contributed by atoms with van der Waals surface area (Å²) < 4.78 is 1.85. The van der Waals surface area contributed by atoms with Crippen LogP contribution >= 0.6 is 0 Å². The molecule has 0 aromatic carbocycles. The van der Waals surface area contributed by atoms with Crippen molar-refractivity contribution in [2.24, 2.45) is 13.0 Å². The second-order valence-electron chi connectivity index (χ2n) is 5.28. The van der Waals surface area contributed by atoms with Gasteiger partial charge >= 0.3 is 5.97 Å². The minimum absolute atomic E-state index is 0.0248. The maximum atomic E-state index is 12.0. The minimum atomic E-state index is -0.760. The van der Waals surface area contributed by atoms with Gasteiger partial charge < -0.3 is 19.9 Å². The average molecular weight is 295 g/mol. The Hall–Kier alpha value is -1.96. The first kappa shape index (κ1) is 15.4. The number of aryl methyl sites for hydroxylation is 1.